The van der Waals surface area contributed by atoms with Crippen LogP contribution in [0.5, 0.6) is 11.5 Å². The number of ether oxygens (including phenoxy) is 2. The first kappa shape index (κ1) is 25.3. The second-order valence-corrected chi connectivity index (χ2v) is 9.50. The van der Waals surface area contributed by atoms with Crippen molar-refractivity contribution < 1.29 is 19.1 Å². The molecule has 1 aliphatic rings. The highest BCUT2D eigenvalue weighted by atomic mass is 32.2. The lowest BCUT2D eigenvalue weighted by atomic mass is 10.2. The van der Waals surface area contributed by atoms with Gasteiger partial charge in [0.1, 0.15) is 11.5 Å². The molecule has 4 aromatic rings. The molecule has 0 saturated heterocycles. The Kier molecular flexibility index (Phi) is 7.60. The van der Waals surface area contributed by atoms with E-state index in [4.69, 9.17) is 9.47 Å². The van der Waals surface area contributed by atoms with Crippen molar-refractivity contribution in [3.05, 3.63) is 89.7 Å². The number of hydrogen-bond donors (Lipinski definition) is 1. The summed E-state index contributed by atoms with van der Waals surface area (Å²) in [6.45, 7) is 0.824. The van der Waals surface area contributed by atoms with Crippen LogP contribution in [0.2, 0.25) is 0 Å². The summed E-state index contributed by atoms with van der Waals surface area (Å²) >= 11 is 1.32. The standard InChI is InChI=1S/C28H27N5O4S/c1-36-22-11-7-20(8-12-22)27(35)29-17-25-30-31-28(33(25)21-9-13-23(37-2)14-10-21)38-18-26(34)32-16-15-19-5-3-4-6-24(19)32/h3-14H,15-18H2,1-2H3,(H,29,35). The molecule has 0 aliphatic carbocycles. The van der Waals surface area contributed by atoms with Crippen LogP contribution >= 0.6 is 11.8 Å². The molecule has 1 N–H and O–H groups in total. The number of amides is 2. The number of methoxy groups -OCH3 is 2. The van der Waals surface area contributed by atoms with Crippen molar-refractivity contribution in [1.82, 2.24) is 20.1 Å². The highest BCUT2D eigenvalue weighted by molar-refractivity contribution is 7.99. The van der Waals surface area contributed by atoms with Crippen LogP contribution in [0.25, 0.3) is 5.69 Å². The fraction of sp³-hybridized carbons (Fsp3) is 0.214. The summed E-state index contributed by atoms with van der Waals surface area (Å²) in [6.07, 6.45) is 0.854. The number of benzene rings is 3. The molecule has 0 unspecified atom stereocenters. The zero-order valence-corrected chi connectivity index (χ0v) is 21.9. The van der Waals surface area contributed by atoms with Crippen molar-refractivity contribution in [1.29, 1.82) is 0 Å². The van der Waals surface area contributed by atoms with Gasteiger partial charge in [-0.15, -0.1) is 10.2 Å². The third-order valence-corrected chi connectivity index (χ3v) is 7.22. The maximum Gasteiger partial charge on any atom is 0.251 e. The minimum atomic E-state index is -0.242. The Bertz CT molecular complexity index is 1440. The first-order chi connectivity index (χ1) is 18.6. The predicted molar refractivity (Wildman–Crippen MR) is 145 cm³/mol. The fourth-order valence-corrected chi connectivity index (χ4v) is 5.15. The lowest BCUT2D eigenvalue weighted by molar-refractivity contribution is -0.116. The van der Waals surface area contributed by atoms with E-state index in [1.807, 2.05) is 51.9 Å². The molecule has 9 nitrogen and oxygen atoms in total. The molecule has 1 aliphatic heterocycles. The largest absolute Gasteiger partial charge is 0.497 e. The molecule has 3 aromatic carbocycles. The molecule has 5 rings (SSSR count). The van der Waals surface area contributed by atoms with Gasteiger partial charge >= 0.3 is 0 Å². The monoisotopic (exact) mass is 529 g/mol. The van der Waals surface area contributed by atoms with Gasteiger partial charge in [-0.25, -0.2) is 0 Å². The van der Waals surface area contributed by atoms with Crippen molar-refractivity contribution in [3.8, 4) is 17.2 Å². The maximum absolute atomic E-state index is 13.1. The summed E-state index contributed by atoms with van der Waals surface area (Å²) in [7, 11) is 3.19. The lowest BCUT2D eigenvalue weighted by Gasteiger charge is -2.17. The van der Waals surface area contributed by atoms with Crippen LogP contribution in [-0.2, 0) is 17.8 Å². The third-order valence-electron chi connectivity index (χ3n) is 6.30. The zero-order valence-electron chi connectivity index (χ0n) is 21.1. The third kappa shape index (κ3) is 5.35. The number of thioether (sulfide) groups is 1. The first-order valence-electron chi connectivity index (χ1n) is 12.1. The van der Waals surface area contributed by atoms with Crippen LogP contribution in [0, 0.1) is 0 Å². The van der Waals surface area contributed by atoms with Gasteiger partial charge < -0.3 is 19.7 Å². The molecule has 0 atom stereocenters. The summed E-state index contributed by atoms with van der Waals surface area (Å²) in [6, 6.07) is 22.3. The van der Waals surface area contributed by atoms with Gasteiger partial charge in [-0.3, -0.25) is 14.2 Å². The smallest absolute Gasteiger partial charge is 0.251 e. The number of rotatable bonds is 9. The predicted octanol–water partition coefficient (Wildman–Crippen LogP) is 3.90. The number of carbonyl (C=O) groups excluding carboxylic acids is 2. The molecule has 1 aromatic heterocycles. The Morgan fingerprint density at radius 1 is 0.921 bits per heavy atom. The van der Waals surface area contributed by atoms with Crippen LogP contribution in [-0.4, -0.2) is 53.1 Å². The molecule has 0 spiro atoms. The van der Waals surface area contributed by atoms with E-state index < -0.39 is 0 Å². The topological polar surface area (TPSA) is 98.6 Å². The number of para-hydroxylation sites is 1. The Balaban J connectivity index is 1.34. The van der Waals surface area contributed by atoms with E-state index in [0.717, 1.165) is 17.8 Å². The molecular formula is C28H27N5O4S. The fourth-order valence-electron chi connectivity index (χ4n) is 4.30. The number of anilines is 1. The second kappa shape index (κ2) is 11.4. The summed E-state index contributed by atoms with van der Waals surface area (Å²) in [5.74, 6) is 1.91. The Labute approximate surface area is 224 Å². The van der Waals surface area contributed by atoms with Gasteiger partial charge in [0.05, 0.1) is 26.5 Å². The van der Waals surface area contributed by atoms with E-state index in [0.29, 0.717) is 34.6 Å². The van der Waals surface area contributed by atoms with Crippen LogP contribution in [0.3, 0.4) is 0 Å². The molecule has 0 saturated carbocycles. The number of aromatic nitrogens is 3. The molecule has 0 fully saturated rings. The molecule has 0 bridgehead atoms. The number of nitrogens with zero attached hydrogens (tertiary/aromatic N) is 4. The van der Waals surface area contributed by atoms with Gasteiger partial charge in [-0.1, -0.05) is 30.0 Å². The van der Waals surface area contributed by atoms with E-state index in [-0.39, 0.29) is 24.1 Å². The van der Waals surface area contributed by atoms with E-state index in [1.54, 1.807) is 38.5 Å². The molecule has 38 heavy (non-hydrogen) atoms. The van der Waals surface area contributed by atoms with E-state index in [1.165, 1.54) is 17.3 Å². The molecular weight excluding hydrogens is 502 g/mol. The van der Waals surface area contributed by atoms with Gasteiger partial charge in [-0.2, -0.15) is 0 Å². The second-order valence-electron chi connectivity index (χ2n) is 8.56. The van der Waals surface area contributed by atoms with Gasteiger partial charge in [-0.05, 0) is 66.6 Å². The van der Waals surface area contributed by atoms with Gasteiger partial charge in [0.2, 0.25) is 5.91 Å². The Morgan fingerprint density at radius 2 is 1.61 bits per heavy atom. The van der Waals surface area contributed by atoms with Crippen molar-refractivity contribution in [2.75, 3.05) is 31.4 Å². The molecule has 194 valence electrons. The number of fused-ring (bicyclic) bond motifs is 1. The summed E-state index contributed by atoms with van der Waals surface area (Å²) in [4.78, 5) is 27.7. The number of carbonyl (C=O) groups is 2. The minimum Gasteiger partial charge on any atom is -0.497 e. The van der Waals surface area contributed by atoms with Gasteiger partial charge in [0.25, 0.3) is 5.91 Å². The minimum absolute atomic E-state index is 0.0126. The van der Waals surface area contributed by atoms with Crippen LogP contribution < -0.4 is 19.7 Å². The molecule has 2 amide bonds. The zero-order chi connectivity index (χ0) is 26.5. The molecule has 10 heteroatoms. The maximum atomic E-state index is 13.1. The van der Waals surface area contributed by atoms with E-state index >= 15 is 0 Å². The van der Waals surface area contributed by atoms with Crippen molar-refractivity contribution in [3.63, 3.8) is 0 Å². The van der Waals surface area contributed by atoms with Crippen molar-refractivity contribution in [2.45, 2.75) is 18.1 Å². The summed E-state index contributed by atoms with van der Waals surface area (Å²) in [5, 5.41) is 12.2. The highest BCUT2D eigenvalue weighted by Gasteiger charge is 2.25. The van der Waals surface area contributed by atoms with Gasteiger partial charge in [0, 0.05) is 23.5 Å². The average molecular weight is 530 g/mol. The quantitative estimate of drug-likeness (QED) is 0.329. The van der Waals surface area contributed by atoms with Crippen molar-refractivity contribution >= 4 is 29.3 Å². The summed E-state index contributed by atoms with van der Waals surface area (Å²) < 4.78 is 12.3. The number of hydrogen-bond acceptors (Lipinski definition) is 7. The van der Waals surface area contributed by atoms with E-state index in [2.05, 4.69) is 21.6 Å². The lowest BCUT2D eigenvalue weighted by Crippen LogP contribution is -2.30. The first-order valence-corrected chi connectivity index (χ1v) is 13.1. The Hall–Kier alpha value is -4.31. The van der Waals surface area contributed by atoms with Gasteiger partial charge in [0.15, 0.2) is 11.0 Å². The van der Waals surface area contributed by atoms with E-state index in [9.17, 15) is 9.59 Å². The summed E-state index contributed by atoms with van der Waals surface area (Å²) in [5.41, 5.74) is 3.46. The van der Waals surface area contributed by atoms with Crippen LogP contribution in [0.15, 0.2) is 78.0 Å². The average Bonchev–Trinajstić information content (AvgIpc) is 3.59. The van der Waals surface area contributed by atoms with Crippen molar-refractivity contribution in [2.24, 2.45) is 0 Å². The number of nitrogens with one attached hydrogen (secondary N) is 1. The van der Waals surface area contributed by atoms with Crippen LogP contribution in [0.4, 0.5) is 5.69 Å². The Morgan fingerprint density at radius 3 is 2.32 bits per heavy atom. The molecule has 2 heterocycles. The SMILES string of the molecule is COc1ccc(C(=O)NCc2nnc(SCC(=O)N3CCc4ccccc43)n2-c2ccc(OC)cc2)cc1. The molecule has 0 radical (unpaired) electrons. The highest BCUT2D eigenvalue weighted by Crippen LogP contribution is 2.29. The normalized spacial score (nSPS) is 12.2. The van der Waals surface area contributed by atoms with Crippen LogP contribution in [0.1, 0.15) is 21.7 Å².